The van der Waals surface area contributed by atoms with Gasteiger partial charge < -0.3 is 0 Å². The summed E-state index contributed by atoms with van der Waals surface area (Å²) in [6.07, 6.45) is -1.37. The zero-order chi connectivity index (χ0) is 5.15. The van der Waals surface area contributed by atoms with Gasteiger partial charge >= 0.3 is 0 Å². The van der Waals surface area contributed by atoms with Gasteiger partial charge in [-0.15, -0.1) is 23.2 Å². The van der Waals surface area contributed by atoms with Crippen LogP contribution in [0, 0.1) is 6.92 Å². The van der Waals surface area contributed by atoms with Crippen molar-refractivity contribution in [3.8, 4) is 0 Å². The Bertz CT molecular complexity index is 29.8. The fourth-order valence-corrected chi connectivity index (χ4v) is 0. The van der Waals surface area contributed by atoms with Crippen LogP contribution in [-0.4, -0.2) is 11.0 Å². The lowest BCUT2D eigenvalue weighted by atomic mass is 10.5. The Kier molecular flexibility index (Phi) is 2.87. The molecular formula is C3H4Cl2F. The van der Waals surface area contributed by atoms with E-state index in [1.54, 1.807) is 0 Å². The molecule has 0 fully saturated rings. The Morgan fingerprint density at radius 1 is 1.50 bits per heavy atom. The zero-order valence-electron chi connectivity index (χ0n) is 3.00. The lowest BCUT2D eigenvalue weighted by Gasteiger charge is -1.95. The highest BCUT2D eigenvalue weighted by Gasteiger charge is 2.06. The van der Waals surface area contributed by atoms with Crippen LogP contribution in [0.15, 0.2) is 0 Å². The maximum absolute atomic E-state index is 11.4. The lowest BCUT2D eigenvalue weighted by Crippen LogP contribution is -2.02. The molecule has 0 bridgehead atoms. The van der Waals surface area contributed by atoms with Crippen LogP contribution in [0.4, 0.5) is 4.39 Å². The molecule has 0 aromatic carbocycles. The van der Waals surface area contributed by atoms with Crippen molar-refractivity contribution in [2.24, 2.45) is 0 Å². The fourth-order valence-electron chi connectivity index (χ4n) is 0. The molecule has 0 aliphatic carbocycles. The van der Waals surface area contributed by atoms with Crippen LogP contribution in [0.25, 0.3) is 0 Å². The second kappa shape index (κ2) is 2.64. The number of hydrogen-bond acceptors (Lipinski definition) is 0. The molecule has 1 atom stereocenters. The first-order chi connectivity index (χ1) is 2.64. The summed E-state index contributed by atoms with van der Waals surface area (Å²) in [6, 6.07) is 0. The van der Waals surface area contributed by atoms with Gasteiger partial charge in [0.25, 0.3) is 0 Å². The summed E-state index contributed by atoms with van der Waals surface area (Å²) in [4.78, 5) is -0.981. The molecule has 37 valence electrons. The van der Waals surface area contributed by atoms with E-state index in [0.29, 0.717) is 0 Å². The van der Waals surface area contributed by atoms with Gasteiger partial charge in [-0.25, -0.2) is 4.39 Å². The monoisotopic (exact) mass is 129 g/mol. The van der Waals surface area contributed by atoms with Crippen molar-refractivity contribution >= 4 is 23.2 Å². The average Bonchev–Trinajstić information content (AvgIpc) is 1.36. The second-order valence-electron chi connectivity index (χ2n) is 0.850. The Morgan fingerprint density at radius 2 is 1.67 bits per heavy atom. The van der Waals surface area contributed by atoms with Crippen LogP contribution >= 0.6 is 23.2 Å². The predicted molar refractivity (Wildman–Crippen MR) is 25.7 cm³/mol. The topological polar surface area (TPSA) is 0 Å². The van der Waals surface area contributed by atoms with E-state index in [4.69, 9.17) is 23.2 Å². The van der Waals surface area contributed by atoms with Crippen LogP contribution in [0.2, 0.25) is 0 Å². The summed E-state index contributed by atoms with van der Waals surface area (Å²) in [7, 11) is 0. The molecule has 0 nitrogen and oxygen atoms in total. The third kappa shape index (κ3) is 2.73. The summed E-state index contributed by atoms with van der Waals surface area (Å²) in [6.45, 7) is 2.91. The van der Waals surface area contributed by atoms with E-state index in [9.17, 15) is 4.39 Å². The van der Waals surface area contributed by atoms with Crippen molar-refractivity contribution < 1.29 is 4.39 Å². The maximum atomic E-state index is 11.4. The molecule has 0 aromatic rings. The largest absolute Gasteiger partial charge is 0.245 e. The van der Waals surface area contributed by atoms with E-state index in [0.717, 1.165) is 0 Å². The molecule has 1 unspecified atom stereocenters. The molecule has 3 heteroatoms. The molecule has 0 N–H and O–H groups in total. The fraction of sp³-hybridized carbons (Fsp3) is 0.667. The average molecular weight is 130 g/mol. The number of hydrogen-bond donors (Lipinski definition) is 0. The first-order valence-electron chi connectivity index (χ1n) is 1.40. The van der Waals surface area contributed by atoms with E-state index in [1.165, 1.54) is 0 Å². The molecule has 0 saturated carbocycles. The zero-order valence-corrected chi connectivity index (χ0v) is 4.51. The van der Waals surface area contributed by atoms with Crippen LogP contribution in [0.1, 0.15) is 0 Å². The standard InChI is InChI=1S/C3H4Cl2F/c1-2(6)3(4)5/h2-3H,1H2. The number of halogens is 3. The van der Waals surface area contributed by atoms with E-state index in [1.807, 2.05) is 0 Å². The Hall–Kier alpha value is 0.510. The minimum absolute atomic E-state index is 0.981. The molecule has 0 rings (SSSR count). The Balaban J connectivity index is 2.99. The van der Waals surface area contributed by atoms with Gasteiger partial charge in [0.2, 0.25) is 0 Å². The van der Waals surface area contributed by atoms with Gasteiger partial charge in [0, 0.05) is 0 Å². The smallest absolute Gasteiger partial charge is 0.138 e. The van der Waals surface area contributed by atoms with Gasteiger partial charge in [0.15, 0.2) is 0 Å². The van der Waals surface area contributed by atoms with Gasteiger partial charge in [0.05, 0.1) is 0 Å². The minimum atomic E-state index is -1.37. The molecule has 0 heterocycles. The van der Waals surface area contributed by atoms with E-state index in [-0.39, 0.29) is 0 Å². The third-order valence-electron chi connectivity index (χ3n) is 0.273. The molecule has 0 aliphatic heterocycles. The summed E-state index contributed by atoms with van der Waals surface area (Å²) in [5, 5.41) is 0. The van der Waals surface area contributed by atoms with Crippen molar-refractivity contribution in [1.82, 2.24) is 0 Å². The summed E-state index contributed by atoms with van der Waals surface area (Å²) < 4.78 is 11.4. The van der Waals surface area contributed by atoms with E-state index < -0.39 is 11.0 Å². The van der Waals surface area contributed by atoms with Crippen molar-refractivity contribution in [3.05, 3.63) is 6.92 Å². The number of rotatable bonds is 1. The van der Waals surface area contributed by atoms with Crippen LogP contribution in [-0.2, 0) is 0 Å². The van der Waals surface area contributed by atoms with Gasteiger partial charge in [-0.2, -0.15) is 0 Å². The van der Waals surface area contributed by atoms with Crippen molar-refractivity contribution in [3.63, 3.8) is 0 Å². The van der Waals surface area contributed by atoms with E-state index >= 15 is 0 Å². The molecule has 1 radical (unpaired) electrons. The molecule has 0 spiro atoms. The molecule has 0 amide bonds. The van der Waals surface area contributed by atoms with Crippen molar-refractivity contribution in [2.75, 3.05) is 0 Å². The summed E-state index contributed by atoms with van der Waals surface area (Å²) in [5.41, 5.74) is 0. The SMILES string of the molecule is [CH2]C(F)C(Cl)Cl. The molecule has 0 saturated heterocycles. The predicted octanol–water partition coefficient (Wildman–Crippen LogP) is 1.96. The highest BCUT2D eigenvalue weighted by atomic mass is 35.5. The highest BCUT2D eigenvalue weighted by molar-refractivity contribution is 6.44. The van der Waals surface area contributed by atoms with Crippen LogP contribution in [0.5, 0.6) is 0 Å². The molecule has 0 aromatic heterocycles. The first-order valence-corrected chi connectivity index (χ1v) is 2.27. The minimum Gasteiger partial charge on any atom is -0.245 e. The molecule has 6 heavy (non-hydrogen) atoms. The quantitative estimate of drug-likeness (QED) is 0.476. The van der Waals surface area contributed by atoms with Gasteiger partial charge in [-0.05, 0) is 6.92 Å². The second-order valence-corrected chi connectivity index (χ2v) is 2.01. The molecular weight excluding hydrogens is 126 g/mol. The summed E-state index contributed by atoms with van der Waals surface area (Å²) in [5.74, 6) is 0. The summed E-state index contributed by atoms with van der Waals surface area (Å²) >= 11 is 9.88. The van der Waals surface area contributed by atoms with Gasteiger partial charge in [-0.1, -0.05) is 0 Å². The van der Waals surface area contributed by atoms with Crippen molar-refractivity contribution in [2.45, 2.75) is 11.0 Å². The Labute approximate surface area is 46.2 Å². The number of alkyl halides is 3. The van der Waals surface area contributed by atoms with Crippen molar-refractivity contribution in [1.29, 1.82) is 0 Å². The first kappa shape index (κ1) is 6.51. The van der Waals surface area contributed by atoms with E-state index in [2.05, 4.69) is 6.92 Å². The van der Waals surface area contributed by atoms with Crippen LogP contribution < -0.4 is 0 Å². The third-order valence-corrected chi connectivity index (χ3v) is 0.820. The van der Waals surface area contributed by atoms with Gasteiger partial charge in [0.1, 0.15) is 11.0 Å². The lowest BCUT2D eigenvalue weighted by molar-refractivity contribution is 0.417. The maximum Gasteiger partial charge on any atom is 0.138 e. The highest BCUT2D eigenvalue weighted by Crippen LogP contribution is 2.08. The normalized spacial score (nSPS) is 15.5. The molecule has 0 aliphatic rings. The Morgan fingerprint density at radius 3 is 1.67 bits per heavy atom. The van der Waals surface area contributed by atoms with Gasteiger partial charge in [-0.3, -0.25) is 0 Å². The van der Waals surface area contributed by atoms with Crippen LogP contribution in [0.3, 0.4) is 0 Å².